The molecule has 0 fully saturated rings. The van der Waals surface area contributed by atoms with Gasteiger partial charge < -0.3 is 10.2 Å². The summed E-state index contributed by atoms with van der Waals surface area (Å²) in [5, 5.41) is 3.10. The Hall–Kier alpha value is -1.10. The van der Waals surface area contributed by atoms with Crippen LogP contribution in [0.1, 0.15) is 31.1 Å². The number of nitrogens with zero attached hydrogens (tertiary/aromatic N) is 2. The van der Waals surface area contributed by atoms with Gasteiger partial charge in [-0.2, -0.15) is 0 Å². The van der Waals surface area contributed by atoms with Crippen molar-refractivity contribution in [1.29, 1.82) is 0 Å². The molecule has 0 aliphatic carbocycles. The van der Waals surface area contributed by atoms with Crippen LogP contribution < -0.4 is 5.32 Å². The molecular weight excluding hydrogens is 282 g/mol. The smallest absolute Gasteiger partial charge is 0.257 e. The highest BCUT2D eigenvalue weighted by molar-refractivity contribution is 9.10. The van der Waals surface area contributed by atoms with E-state index in [0.717, 1.165) is 11.0 Å². The van der Waals surface area contributed by atoms with Crippen LogP contribution in [-0.2, 0) is 0 Å². The topological polar surface area (TPSA) is 45.2 Å². The number of hydrogen-bond donors (Lipinski definition) is 1. The molecule has 0 unspecified atom stereocenters. The Morgan fingerprint density at radius 3 is 2.76 bits per heavy atom. The van der Waals surface area contributed by atoms with Crippen LogP contribution >= 0.6 is 15.9 Å². The van der Waals surface area contributed by atoms with Crippen molar-refractivity contribution in [2.75, 3.05) is 18.9 Å². The van der Waals surface area contributed by atoms with Crippen molar-refractivity contribution in [2.24, 2.45) is 0 Å². The van der Waals surface area contributed by atoms with E-state index < -0.39 is 0 Å². The molecule has 5 heteroatoms. The van der Waals surface area contributed by atoms with Gasteiger partial charge >= 0.3 is 0 Å². The third kappa shape index (κ3) is 3.43. The van der Waals surface area contributed by atoms with Gasteiger partial charge in [-0.05, 0) is 42.8 Å². The van der Waals surface area contributed by atoms with Gasteiger partial charge in [0.05, 0.1) is 5.56 Å². The van der Waals surface area contributed by atoms with Gasteiger partial charge in [-0.15, -0.1) is 0 Å². The minimum Gasteiger partial charge on any atom is -0.370 e. The third-order valence-electron chi connectivity index (χ3n) is 2.52. The van der Waals surface area contributed by atoms with Gasteiger partial charge in [-0.3, -0.25) is 4.79 Å². The molecule has 0 saturated heterocycles. The molecule has 1 rings (SSSR count). The highest BCUT2D eigenvalue weighted by atomic mass is 79.9. The number of hydrogen-bond acceptors (Lipinski definition) is 3. The molecule has 0 aromatic carbocycles. The van der Waals surface area contributed by atoms with Gasteiger partial charge in [0, 0.05) is 30.3 Å². The zero-order valence-corrected chi connectivity index (χ0v) is 12.2. The fourth-order valence-corrected chi connectivity index (χ4v) is 1.67. The van der Waals surface area contributed by atoms with Crippen LogP contribution in [0.25, 0.3) is 0 Å². The van der Waals surface area contributed by atoms with Gasteiger partial charge in [0.1, 0.15) is 5.82 Å². The Bertz CT molecular complexity index is 407. The maximum absolute atomic E-state index is 12.3. The van der Waals surface area contributed by atoms with Gasteiger partial charge in [-0.1, -0.05) is 0 Å². The first-order chi connectivity index (χ1) is 7.97. The number of nitrogens with one attached hydrogen (secondary N) is 1. The van der Waals surface area contributed by atoms with Crippen molar-refractivity contribution >= 4 is 27.7 Å². The van der Waals surface area contributed by atoms with E-state index in [1.165, 1.54) is 0 Å². The van der Waals surface area contributed by atoms with E-state index in [-0.39, 0.29) is 11.9 Å². The van der Waals surface area contributed by atoms with Crippen molar-refractivity contribution in [3.8, 4) is 0 Å². The molecule has 0 atom stereocenters. The third-order valence-corrected chi connectivity index (χ3v) is 2.96. The van der Waals surface area contributed by atoms with Crippen molar-refractivity contribution in [3.63, 3.8) is 0 Å². The summed E-state index contributed by atoms with van der Waals surface area (Å²) in [4.78, 5) is 18.2. The molecule has 1 aromatic heterocycles. The Morgan fingerprint density at radius 2 is 2.24 bits per heavy atom. The Labute approximate surface area is 111 Å². The summed E-state index contributed by atoms with van der Waals surface area (Å²) in [5.74, 6) is 0.609. The second-order valence-electron chi connectivity index (χ2n) is 4.09. The fourth-order valence-electron chi connectivity index (χ4n) is 1.34. The number of anilines is 1. The highest BCUT2D eigenvalue weighted by Crippen LogP contribution is 2.20. The molecule has 1 amide bonds. The molecule has 17 heavy (non-hydrogen) atoms. The van der Waals surface area contributed by atoms with Crippen LogP contribution in [-0.4, -0.2) is 35.4 Å². The van der Waals surface area contributed by atoms with E-state index in [9.17, 15) is 4.79 Å². The fraction of sp³-hybridized carbons (Fsp3) is 0.500. The molecule has 1 aromatic rings. The quantitative estimate of drug-likeness (QED) is 0.930. The van der Waals surface area contributed by atoms with E-state index in [2.05, 4.69) is 26.2 Å². The van der Waals surface area contributed by atoms with Crippen molar-refractivity contribution in [1.82, 2.24) is 9.88 Å². The average molecular weight is 300 g/mol. The first kappa shape index (κ1) is 14.0. The molecule has 4 nitrogen and oxygen atoms in total. The predicted molar refractivity (Wildman–Crippen MR) is 73.3 cm³/mol. The van der Waals surface area contributed by atoms with E-state index in [4.69, 9.17) is 0 Å². The largest absolute Gasteiger partial charge is 0.370 e. The number of pyridine rings is 1. The number of amides is 1. The maximum atomic E-state index is 12.3. The zero-order valence-electron chi connectivity index (χ0n) is 10.6. The molecular formula is C12H18BrN3O. The standard InChI is InChI=1S/C12H18BrN3O/c1-5-14-11-10(6-9(13)7-15-11)12(17)16(4)8(2)3/h6-8H,5H2,1-4H3,(H,14,15). The van der Waals surface area contributed by atoms with Crippen LogP contribution in [0, 0.1) is 0 Å². The van der Waals surface area contributed by atoms with Gasteiger partial charge in [0.2, 0.25) is 0 Å². The first-order valence-corrected chi connectivity index (χ1v) is 6.43. The first-order valence-electron chi connectivity index (χ1n) is 5.64. The molecule has 1 heterocycles. The number of rotatable bonds is 4. The van der Waals surface area contributed by atoms with Crippen LogP contribution in [0.15, 0.2) is 16.7 Å². The summed E-state index contributed by atoms with van der Waals surface area (Å²) in [6, 6.07) is 1.96. The molecule has 1 N–H and O–H groups in total. The van der Waals surface area contributed by atoms with Crippen LogP contribution in [0.5, 0.6) is 0 Å². The molecule has 0 bridgehead atoms. The highest BCUT2D eigenvalue weighted by Gasteiger charge is 2.18. The van der Waals surface area contributed by atoms with Gasteiger partial charge in [0.15, 0.2) is 0 Å². The van der Waals surface area contributed by atoms with Crippen molar-refractivity contribution in [3.05, 3.63) is 22.3 Å². The van der Waals surface area contributed by atoms with Gasteiger partial charge in [0.25, 0.3) is 5.91 Å². The Kier molecular flexibility index (Phi) is 4.93. The van der Waals surface area contributed by atoms with E-state index in [1.807, 2.05) is 20.8 Å². The van der Waals surface area contributed by atoms with E-state index in [1.54, 1.807) is 24.2 Å². The lowest BCUT2D eigenvalue weighted by molar-refractivity contribution is 0.0755. The maximum Gasteiger partial charge on any atom is 0.257 e. The lowest BCUT2D eigenvalue weighted by Gasteiger charge is -2.22. The van der Waals surface area contributed by atoms with E-state index in [0.29, 0.717) is 11.4 Å². The summed E-state index contributed by atoms with van der Waals surface area (Å²) < 4.78 is 0.805. The minimum absolute atomic E-state index is 0.0234. The Morgan fingerprint density at radius 1 is 1.59 bits per heavy atom. The zero-order chi connectivity index (χ0) is 13.0. The lowest BCUT2D eigenvalue weighted by atomic mass is 10.2. The normalized spacial score (nSPS) is 10.5. The second kappa shape index (κ2) is 6.00. The monoisotopic (exact) mass is 299 g/mol. The van der Waals surface area contributed by atoms with Crippen molar-refractivity contribution < 1.29 is 4.79 Å². The summed E-state index contributed by atoms with van der Waals surface area (Å²) in [5.41, 5.74) is 0.595. The molecule has 94 valence electrons. The van der Waals surface area contributed by atoms with E-state index >= 15 is 0 Å². The van der Waals surface area contributed by atoms with Crippen LogP contribution in [0.2, 0.25) is 0 Å². The summed E-state index contributed by atoms with van der Waals surface area (Å²) in [6.45, 7) is 6.68. The second-order valence-corrected chi connectivity index (χ2v) is 5.01. The number of carbonyl (C=O) groups is 1. The lowest BCUT2D eigenvalue weighted by Crippen LogP contribution is -2.33. The number of halogens is 1. The Balaban J connectivity index is 3.10. The summed E-state index contributed by atoms with van der Waals surface area (Å²) >= 11 is 3.34. The van der Waals surface area contributed by atoms with Crippen LogP contribution in [0.4, 0.5) is 5.82 Å². The minimum atomic E-state index is -0.0234. The molecule has 0 aliphatic rings. The van der Waals surface area contributed by atoms with Gasteiger partial charge in [-0.25, -0.2) is 4.98 Å². The summed E-state index contributed by atoms with van der Waals surface area (Å²) in [6.07, 6.45) is 1.68. The molecule has 0 aliphatic heterocycles. The average Bonchev–Trinajstić information content (AvgIpc) is 2.29. The molecule has 0 saturated carbocycles. The molecule has 0 spiro atoms. The SMILES string of the molecule is CCNc1ncc(Br)cc1C(=O)N(C)C(C)C. The number of aromatic nitrogens is 1. The van der Waals surface area contributed by atoms with Crippen molar-refractivity contribution in [2.45, 2.75) is 26.8 Å². The number of carbonyl (C=O) groups excluding carboxylic acids is 1. The van der Waals surface area contributed by atoms with Crippen LogP contribution in [0.3, 0.4) is 0 Å². The predicted octanol–water partition coefficient (Wildman–Crippen LogP) is 2.76. The molecule has 0 radical (unpaired) electrons. The summed E-state index contributed by atoms with van der Waals surface area (Å²) in [7, 11) is 1.80.